The smallest absolute Gasteiger partial charge is 0.227 e. The number of ether oxygens (including phenoxy) is 1. The monoisotopic (exact) mass is 354 g/mol. The van der Waals surface area contributed by atoms with Gasteiger partial charge in [0.15, 0.2) is 0 Å². The molecule has 0 unspecified atom stereocenters. The van der Waals surface area contributed by atoms with E-state index in [0.29, 0.717) is 25.6 Å². The molecule has 6 nitrogen and oxygen atoms in total. The average Bonchev–Trinajstić information content (AvgIpc) is 2.85. The third kappa shape index (κ3) is 4.31. The molecule has 138 valence electrons. The van der Waals surface area contributed by atoms with Gasteiger partial charge in [0.2, 0.25) is 5.91 Å². The van der Waals surface area contributed by atoms with Crippen LogP contribution in [-0.2, 0) is 24.1 Å². The highest BCUT2D eigenvalue weighted by Gasteiger charge is 2.22. The Morgan fingerprint density at radius 3 is 2.85 bits per heavy atom. The van der Waals surface area contributed by atoms with Crippen molar-refractivity contribution < 1.29 is 9.53 Å². The van der Waals surface area contributed by atoms with E-state index in [2.05, 4.69) is 29.1 Å². The molecule has 3 rings (SSSR count). The van der Waals surface area contributed by atoms with Gasteiger partial charge in [-0.15, -0.1) is 0 Å². The lowest BCUT2D eigenvalue weighted by Crippen LogP contribution is -2.34. The number of carbonyl (C=O) groups excluding carboxylic acids is 1. The highest BCUT2D eigenvalue weighted by Crippen LogP contribution is 2.21. The van der Waals surface area contributed by atoms with Gasteiger partial charge >= 0.3 is 0 Å². The number of fused-ring (bicyclic) bond motifs is 1. The number of rotatable bonds is 5. The van der Waals surface area contributed by atoms with Crippen molar-refractivity contribution in [2.75, 3.05) is 25.5 Å². The fourth-order valence-corrected chi connectivity index (χ4v) is 3.24. The minimum absolute atomic E-state index is 0.136. The molecule has 1 N–H and O–H groups in total. The topological polar surface area (TPSA) is 67.3 Å². The van der Waals surface area contributed by atoms with Gasteiger partial charge in [0.25, 0.3) is 0 Å². The number of hydrogen-bond donors (Lipinski definition) is 1. The van der Waals surface area contributed by atoms with E-state index in [1.54, 1.807) is 13.4 Å². The van der Waals surface area contributed by atoms with Gasteiger partial charge in [-0.3, -0.25) is 4.79 Å². The van der Waals surface area contributed by atoms with Gasteiger partial charge in [-0.25, -0.2) is 9.97 Å². The maximum atomic E-state index is 12.8. The van der Waals surface area contributed by atoms with Gasteiger partial charge in [0.05, 0.1) is 19.2 Å². The Labute approximate surface area is 154 Å². The quantitative estimate of drug-likeness (QED) is 0.893. The lowest BCUT2D eigenvalue weighted by atomic mass is 10.1. The Balaban J connectivity index is 1.69. The average molecular weight is 354 g/mol. The van der Waals surface area contributed by atoms with Crippen LogP contribution in [0.3, 0.4) is 0 Å². The summed E-state index contributed by atoms with van der Waals surface area (Å²) in [6.07, 6.45) is 3.52. The van der Waals surface area contributed by atoms with E-state index in [1.807, 2.05) is 29.2 Å². The highest BCUT2D eigenvalue weighted by atomic mass is 16.5. The first-order valence-corrected chi connectivity index (χ1v) is 9.07. The third-order valence-corrected chi connectivity index (χ3v) is 4.55. The fourth-order valence-electron chi connectivity index (χ4n) is 3.24. The second kappa shape index (κ2) is 8.17. The second-order valence-corrected chi connectivity index (χ2v) is 6.86. The highest BCUT2D eigenvalue weighted by molar-refractivity contribution is 5.79. The van der Waals surface area contributed by atoms with Crippen molar-refractivity contribution in [3.05, 3.63) is 47.4 Å². The van der Waals surface area contributed by atoms with Crippen LogP contribution in [0.25, 0.3) is 0 Å². The first kappa shape index (κ1) is 18.2. The fraction of sp³-hybridized carbons (Fsp3) is 0.450. The van der Waals surface area contributed by atoms with Crippen molar-refractivity contribution in [1.29, 1.82) is 0 Å². The molecule has 0 saturated carbocycles. The molecular weight excluding hydrogens is 328 g/mol. The Hall–Kier alpha value is -2.63. The Bertz CT molecular complexity index is 776. The Morgan fingerprint density at radius 2 is 2.08 bits per heavy atom. The number of nitrogens with one attached hydrogen (secondary N) is 1. The third-order valence-electron chi connectivity index (χ3n) is 4.55. The van der Waals surface area contributed by atoms with E-state index >= 15 is 0 Å². The molecule has 0 saturated heterocycles. The summed E-state index contributed by atoms with van der Waals surface area (Å²) < 4.78 is 5.24. The van der Waals surface area contributed by atoms with Crippen molar-refractivity contribution in [2.24, 2.45) is 0 Å². The molecular formula is C20H26N4O2. The molecule has 26 heavy (non-hydrogen) atoms. The van der Waals surface area contributed by atoms with Gasteiger partial charge in [-0.1, -0.05) is 12.1 Å². The van der Waals surface area contributed by atoms with Crippen LogP contribution in [0.5, 0.6) is 5.75 Å². The number of amides is 1. The van der Waals surface area contributed by atoms with Crippen molar-refractivity contribution in [2.45, 2.75) is 39.2 Å². The zero-order valence-electron chi connectivity index (χ0n) is 15.7. The molecule has 1 aromatic heterocycles. The summed E-state index contributed by atoms with van der Waals surface area (Å²) >= 11 is 0. The lowest BCUT2D eigenvalue weighted by Gasteiger charge is -2.20. The molecule has 1 amide bonds. The first-order valence-electron chi connectivity index (χ1n) is 9.07. The van der Waals surface area contributed by atoms with Crippen LogP contribution in [0.15, 0.2) is 30.6 Å². The standard InChI is InChI=1S/C20H26N4O2/c1-14(2)23-20-17-7-9-24(10-8-18(17)21-13-22-20)19(25)12-15-5-4-6-16(11-15)26-3/h4-6,11,13-14H,7-10,12H2,1-3H3,(H,21,22,23). The SMILES string of the molecule is COc1cccc(CC(=O)N2CCc3ncnc(NC(C)C)c3CC2)c1. The molecule has 0 aliphatic carbocycles. The van der Waals surface area contributed by atoms with Gasteiger partial charge in [-0.2, -0.15) is 0 Å². The number of carbonyl (C=O) groups is 1. The number of hydrogen-bond acceptors (Lipinski definition) is 5. The molecule has 6 heteroatoms. The van der Waals surface area contributed by atoms with E-state index in [4.69, 9.17) is 4.74 Å². The van der Waals surface area contributed by atoms with Crippen LogP contribution in [-0.4, -0.2) is 47.0 Å². The number of nitrogens with zero attached hydrogens (tertiary/aromatic N) is 3. The maximum absolute atomic E-state index is 12.8. The van der Waals surface area contributed by atoms with Crippen LogP contribution in [0.4, 0.5) is 5.82 Å². The number of anilines is 1. The molecule has 2 heterocycles. The molecule has 0 bridgehead atoms. The van der Waals surface area contributed by atoms with Crippen molar-refractivity contribution >= 4 is 11.7 Å². The van der Waals surface area contributed by atoms with E-state index in [9.17, 15) is 4.79 Å². The van der Waals surface area contributed by atoms with Crippen LogP contribution in [0, 0.1) is 0 Å². The molecule has 1 aliphatic heterocycles. The number of benzene rings is 1. The minimum atomic E-state index is 0.136. The largest absolute Gasteiger partial charge is 0.497 e. The maximum Gasteiger partial charge on any atom is 0.227 e. The summed E-state index contributed by atoms with van der Waals surface area (Å²) in [6.45, 7) is 5.56. The summed E-state index contributed by atoms with van der Waals surface area (Å²) in [5, 5.41) is 3.39. The summed E-state index contributed by atoms with van der Waals surface area (Å²) in [4.78, 5) is 23.5. The van der Waals surface area contributed by atoms with Crippen LogP contribution in [0.2, 0.25) is 0 Å². The van der Waals surface area contributed by atoms with Crippen molar-refractivity contribution in [3.8, 4) is 5.75 Å². The molecule has 0 spiro atoms. The number of aromatic nitrogens is 2. The van der Waals surface area contributed by atoms with E-state index in [0.717, 1.165) is 41.2 Å². The molecule has 1 aromatic carbocycles. The molecule has 0 atom stereocenters. The first-order chi connectivity index (χ1) is 12.6. The lowest BCUT2D eigenvalue weighted by molar-refractivity contribution is -0.130. The van der Waals surface area contributed by atoms with Crippen molar-refractivity contribution in [3.63, 3.8) is 0 Å². The summed E-state index contributed by atoms with van der Waals surface area (Å²) in [7, 11) is 1.64. The van der Waals surface area contributed by atoms with Crippen molar-refractivity contribution in [1.82, 2.24) is 14.9 Å². The Morgan fingerprint density at radius 1 is 1.27 bits per heavy atom. The molecule has 0 radical (unpaired) electrons. The second-order valence-electron chi connectivity index (χ2n) is 6.86. The zero-order chi connectivity index (χ0) is 18.5. The van der Waals surface area contributed by atoms with Crippen LogP contribution < -0.4 is 10.1 Å². The van der Waals surface area contributed by atoms with Gasteiger partial charge in [0.1, 0.15) is 17.9 Å². The van der Waals surface area contributed by atoms with Gasteiger partial charge in [-0.05, 0) is 38.0 Å². The number of methoxy groups -OCH3 is 1. The molecule has 1 aliphatic rings. The zero-order valence-corrected chi connectivity index (χ0v) is 15.7. The normalized spacial score (nSPS) is 13.9. The summed E-state index contributed by atoms with van der Waals surface area (Å²) in [5.41, 5.74) is 3.15. The van der Waals surface area contributed by atoms with E-state index < -0.39 is 0 Å². The van der Waals surface area contributed by atoms with Crippen LogP contribution in [0.1, 0.15) is 30.7 Å². The molecule has 2 aromatic rings. The predicted octanol–water partition coefficient (Wildman–Crippen LogP) is 2.48. The Kier molecular flexibility index (Phi) is 5.71. The van der Waals surface area contributed by atoms with E-state index in [-0.39, 0.29) is 5.91 Å². The van der Waals surface area contributed by atoms with Crippen LogP contribution >= 0.6 is 0 Å². The summed E-state index contributed by atoms with van der Waals surface area (Å²) in [5.74, 6) is 1.81. The van der Waals surface area contributed by atoms with E-state index in [1.165, 1.54) is 0 Å². The predicted molar refractivity (Wildman–Crippen MR) is 101 cm³/mol. The van der Waals surface area contributed by atoms with Gasteiger partial charge < -0.3 is 15.0 Å². The minimum Gasteiger partial charge on any atom is -0.497 e. The van der Waals surface area contributed by atoms with Gasteiger partial charge in [0, 0.05) is 31.1 Å². The summed E-state index contributed by atoms with van der Waals surface area (Å²) in [6, 6.07) is 7.99. The molecule has 0 fully saturated rings.